The lowest BCUT2D eigenvalue weighted by atomic mass is 9.99. The minimum Gasteiger partial charge on any atom is -0.468 e. The quantitative estimate of drug-likeness (QED) is 0.193. The number of thioether (sulfide) groups is 1. The van der Waals surface area contributed by atoms with E-state index in [-0.39, 0.29) is 24.3 Å². The number of fused-ring (bicyclic) bond motifs is 1. The zero-order chi connectivity index (χ0) is 33.5. The molecule has 250 valence electrons. The zero-order valence-corrected chi connectivity index (χ0v) is 28.1. The standard InChI is InChI=1S/C37H41N5O5S/c1-37(2,38-23-28-8-7-19-47-28)22-34(43)39-31-25-48-33-12-6-5-11-32(33)42(35(31)44)24-26-13-15-27(16-14-26)29-9-3-4-10-30(29)40-36(45)41-17-20-46-21-18-41/h3-16,19,31,38H,17-18,20-25H2,1-2H3,(H,39,43)(H,40,45)/t31-/m1/s1. The van der Waals surface area contributed by atoms with Crippen LogP contribution in [0, 0.1) is 0 Å². The van der Waals surface area contributed by atoms with Gasteiger partial charge in [-0.1, -0.05) is 54.6 Å². The molecule has 0 unspecified atom stereocenters. The molecule has 0 bridgehead atoms. The number of hydrogen-bond donors (Lipinski definition) is 3. The number of carbonyl (C=O) groups is 3. The monoisotopic (exact) mass is 667 g/mol. The van der Waals surface area contributed by atoms with Crippen LogP contribution in [-0.2, 0) is 27.4 Å². The fourth-order valence-corrected chi connectivity index (χ4v) is 6.92. The Morgan fingerprint density at radius 3 is 2.46 bits per heavy atom. The normalized spacial score (nSPS) is 16.6. The van der Waals surface area contributed by atoms with Gasteiger partial charge in [-0.2, -0.15) is 0 Å². The summed E-state index contributed by atoms with van der Waals surface area (Å²) in [5, 5.41) is 9.46. The van der Waals surface area contributed by atoms with Gasteiger partial charge in [0.15, 0.2) is 0 Å². The van der Waals surface area contributed by atoms with E-state index in [1.54, 1.807) is 27.8 Å². The van der Waals surface area contributed by atoms with Gasteiger partial charge in [-0.25, -0.2) is 4.79 Å². The van der Waals surface area contributed by atoms with Gasteiger partial charge in [0.2, 0.25) is 5.91 Å². The Balaban J connectivity index is 1.14. The molecule has 1 fully saturated rings. The van der Waals surface area contributed by atoms with Crippen molar-refractivity contribution in [3.8, 4) is 11.1 Å². The molecule has 0 radical (unpaired) electrons. The summed E-state index contributed by atoms with van der Waals surface area (Å²) in [6, 6.07) is 26.5. The van der Waals surface area contributed by atoms with Crippen molar-refractivity contribution in [2.45, 2.75) is 49.8 Å². The number of para-hydroxylation sites is 2. The molecule has 11 heteroatoms. The van der Waals surface area contributed by atoms with Crippen molar-refractivity contribution in [2.75, 3.05) is 42.3 Å². The molecule has 10 nitrogen and oxygen atoms in total. The topological polar surface area (TPSA) is 116 Å². The van der Waals surface area contributed by atoms with Crippen LogP contribution < -0.4 is 20.9 Å². The summed E-state index contributed by atoms with van der Waals surface area (Å²) in [6.07, 6.45) is 1.82. The molecule has 6 rings (SSSR count). The van der Waals surface area contributed by atoms with Crippen LogP contribution in [-0.4, -0.2) is 66.4 Å². The van der Waals surface area contributed by atoms with Gasteiger partial charge in [0.05, 0.1) is 43.9 Å². The Morgan fingerprint density at radius 1 is 0.938 bits per heavy atom. The number of nitrogens with zero attached hydrogens (tertiary/aromatic N) is 2. The van der Waals surface area contributed by atoms with Gasteiger partial charge in [-0.3, -0.25) is 9.59 Å². The lowest BCUT2D eigenvalue weighted by molar-refractivity contribution is -0.127. The van der Waals surface area contributed by atoms with E-state index < -0.39 is 11.6 Å². The van der Waals surface area contributed by atoms with Gasteiger partial charge in [-0.15, -0.1) is 11.8 Å². The molecule has 1 saturated heterocycles. The summed E-state index contributed by atoms with van der Waals surface area (Å²) in [4.78, 5) is 44.8. The molecule has 0 aliphatic carbocycles. The van der Waals surface area contributed by atoms with E-state index in [0.29, 0.717) is 45.1 Å². The summed E-state index contributed by atoms with van der Waals surface area (Å²) >= 11 is 1.57. The number of ether oxygens (including phenoxy) is 1. The van der Waals surface area contributed by atoms with Crippen LogP contribution in [0.2, 0.25) is 0 Å². The number of nitrogens with one attached hydrogen (secondary N) is 3. The van der Waals surface area contributed by atoms with E-state index in [2.05, 4.69) is 16.0 Å². The van der Waals surface area contributed by atoms with Crippen LogP contribution in [0.5, 0.6) is 0 Å². The Labute approximate surface area is 285 Å². The number of morpholine rings is 1. The number of furan rings is 1. The minimum atomic E-state index is -0.683. The van der Waals surface area contributed by atoms with Crippen molar-refractivity contribution < 1.29 is 23.5 Å². The molecule has 4 aromatic rings. The molecule has 4 amide bonds. The lowest BCUT2D eigenvalue weighted by Crippen LogP contribution is -2.51. The zero-order valence-electron chi connectivity index (χ0n) is 27.2. The predicted octanol–water partition coefficient (Wildman–Crippen LogP) is 5.89. The van der Waals surface area contributed by atoms with E-state index in [1.165, 1.54) is 0 Å². The maximum Gasteiger partial charge on any atom is 0.322 e. The number of rotatable bonds is 10. The van der Waals surface area contributed by atoms with Crippen LogP contribution >= 0.6 is 11.8 Å². The number of amides is 4. The fraction of sp³-hybridized carbons (Fsp3) is 0.324. The van der Waals surface area contributed by atoms with E-state index in [1.807, 2.05) is 98.8 Å². The van der Waals surface area contributed by atoms with Crippen molar-refractivity contribution in [3.05, 3.63) is 103 Å². The second kappa shape index (κ2) is 15.1. The third-order valence-electron chi connectivity index (χ3n) is 8.46. The highest BCUT2D eigenvalue weighted by Crippen LogP contribution is 2.36. The third-order valence-corrected chi connectivity index (χ3v) is 9.61. The van der Waals surface area contributed by atoms with Crippen molar-refractivity contribution in [1.82, 2.24) is 15.5 Å². The maximum absolute atomic E-state index is 14.1. The first-order chi connectivity index (χ1) is 23.3. The van der Waals surface area contributed by atoms with Gasteiger partial charge >= 0.3 is 6.03 Å². The van der Waals surface area contributed by atoms with Crippen LogP contribution in [0.15, 0.2) is 101 Å². The summed E-state index contributed by atoms with van der Waals surface area (Å²) in [6.45, 7) is 6.96. The first kappa shape index (κ1) is 33.3. The largest absolute Gasteiger partial charge is 0.468 e. The highest BCUT2D eigenvalue weighted by molar-refractivity contribution is 7.99. The summed E-state index contributed by atoms with van der Waals surface area (Å²) in [7, 11) is 0. The van der Waals surface area contributed by atoms with Crippen LogP contribution in [0.1, 0.15) is 31.6 Å². The van der Waals surface area contributed by atoms with E-state index >= 15 is 0 Å². The van der Waals surface area contributed by atoms with Crippen LogP contribution in [0.3, 0.4) is 0 Å². The number of urea groups is 1. The molecule has 3 N–H and O–H groups in total. The molecule has 3 aromatic carbocycles. The van der Waals surface area contributed by atoms with Gasteiger partial charge in [0.25, 0.3) is 5.91 Å². The van der Waals surface area contributed by atoms with Crippen molar-refractivity contribution >= 4 is 41.0 Å². The summed E-state index contributed by atoms with van der Waals surface area (Å²) in [5.41, 5.74) is 3.84. The fourth-order valence-electron chi connectivity index (χ4n) is 5.85. The van der Waals surface area contributed by atoms with Crippen molar-refractivity contribution in [3.63, 3.8) is 0 Å². The average molecular weight is 668 g/mol. The molecule has 3 heterocycles. The Kier molecular flexibility index (Phi) is 10.5. The summed E-state index contributed by atoms with van der Waals surface area (Å²) < 4.78 is 10.8. The van der Waals surface area contributed by atoms with E-state index in [9.17, 15) is 14.4 Å². The predicted molar refractivity (Wildman–Crippen MR) is 188 cm³/mol. The lowest BCUT2D eigenvalue weighted by Gasteiger charge is -2.28. The molecule has 48 heavy (non-hydrogen) atoms. The summed E-state index contributed by atoms with van der Waals surface area (Å²) in [5.74, 6) is 0.882. The highest BCUT2D eigenvalue weighted by Gasteiger charge is 2.33. The average Bonchev–Trinajstić information content (AvgIpc) is 3.59. The molecule has 2 aliphatic rings. The molecule has 0 saturated carbocycles. The van der Waals surface area contributed by atoms with E-state index in [4.69, 9.17) is 9.15 Å². The Morgan fingerprint density at radius 2 is 1.69 bits per heavy atom. The Hall–Kier alpha value is -4.58. The molecule has 2 aliphatic heterocycles. The first-order valence-electron chi connectivity index (χ1n) is 16.2. The van der Waals surface area contributed by atoms with Crippen LogP contribution in [0.25, 0.3) is 11.1 Å². The van der Waals surface area contributed by atoms with Gasteiger partial charge in [-0.05, 0) is 55.3 Å². The van der Waals surface area contributed by atoms with Crippen molar-refractivity contribution in [2.24, 2.45) is 0 Å². The SMILES string of the molecule is CC(C)(CC(=O)N[C@@H]1CSc2ccccc2N(Cc2ccc(-c3ccccc3NC(=O)N3CCOCC3)cc2)C1=O)NCc1ccco1. The van der Waals surface area contributed by atoms with Gasteiger partial charge in [0, 0.05) is 41.3 Å². The first-order valence-corrected chi connectivity index (χ1v) is 17.2. The number of benzene rings is 3. The number of hydrogen-bond acceptors (Lipinski definition) is 7. The maximum atomic E-state index is 14.1. The van der Waals surface area contributed by atoms with Gasteiger partial charge in [0.1, 0.15) is 11.8 Å². The second-order valence-electron chi connectivity index (χ2n) is 12.6. The second-order valence-corrected chi connectivity index (χ2v) is 13.7. The highest BCUT2D eigenvalue weighted by atomic mass is 32.2. The van der Waals surface area contributed by atoms with Gasteiger partial charge < -0.3 is 34.9 Å². The van der Waals surface area contributed by atoms with E-state index in [0.717, 1.165) is 38.7 Å². The number of carbonyl (C=O) groups excluding carboxylic acids is 3. The minimum absolute atomic E-state index is 0.145. The third kappa shape index (κ3) is 8.28. The molecule has 1 aromatic heterocycles. The molecular weight excluding hydrogens is 627 g/mol. The molecular formula is C37H41N5O5S. The Bertz CT molecular complexity index is 1720. The van der Waals surface area contributed by atoms with Crippen molar-refractivity contribution in [1.29, 1.82) is 0 Å². The van der Waals surface area contributed by atoms with Crippen LogP contribution in [0.4, 0.5) is 16.2 Å². The molecule has 0 spiro atoms. The molecule has 1 atom stereocenters. The number of anilines is 2. The smallest absolute Gasteiger partial charge is 0.322 e.